The number of para-hydroxylation sites is 1. The molecule has 1 aliphatic heterocycles. The van der Waals surface area contributed by atoms with E-state index >= 15 is 4.39 Å². The van der Waals surface area contributed by atoms with Gasteiger partial charge < -0.3 is 14.9 Å². The second-order valence-electron chi connectivity index (χ2n) is 6.85. The van der Waals surface area contributed by atoms with Gasteiger partial charge >= 0.3 is 0 Å². The van der Waals surface area contributed by atoms with Crippen molar-refractivity contribution in [2.75, 3.05) is 0 Å². The van der Waals surface area contributed by atoms with Crippen molar-refractivity contribution in [2.45, 2.75) is 5.92 Å². The van der Waals surface area contributed by atoms with Crippen LogP contribution in [0.25, 0.3) is 17.1 Å². The SMILES string of the molecule is N#CC1=C(N)Oc2c(c(-c3ccco3)nn2-c2ccccc2)C1c1c(F)cccc1Cl. The molecule has 0 saturated heterocycles. The van der Waals surface area contributed by atoms with E-state index in [0.29, 0.717) is 22.7 Å². The number of furan rings is 1. The molecule has 1 atom stereocenters. The number of halogens is 2. The zero-order valence-corrected chi connectivity index (χ0v) is 16.7. The number of hydrogen-bond acceptors (Lipinski definition) is 5. The Hall–Kier alpha value is -4.02. The first-order valence-electron chi connectivity index (χ1n) is 9.34. The summed E-state index contributed by atoms with van der Waals surface area (Å²) in [5.41, 5.74) is 7.81. The van der Waals surface area contributed by atoms with Gasteiger partial charge in [0.05, 0.1) is 23.4 Å². The Bertz CT molecular complexity index is 1330. The molecule has 4 aromatic rings. The molecule has 1 aliphatic rings. The summed E-state index contributed by atoms with van der Waals surface area (Å²) >= 11 is 6.40. The van der Waals surface area contributed by atoms with Gasteiger partial charge in [0.25, 0.3) is 0 Å². The van der Waals surface area contributed by atoms with E-state index in [1.807, 2.05) is 30.3 Å². The number of allylic oxidation sites excluding steroid dienone is 1. The summed E-state index contributed by atoms with van der Waals surface area (Å²) in [6.07, 6.45) is 1.51. The zero-order chi connectivity index (χ0) is 21.5. The maximum absolute atomic E-state index is 15.0. The molecule has 2 aromatic heterocycles. The third kappa shape index (κ3) is 2.97. The van der Waals surface area contributed by atoms with Crippen LogP contribution in [-0.2, 0) is 0 Å². The lowest BCUT2D eigenvalue weighted by Gasteiger charge is -2.25. The van der Waals surface area contributed by atoms with Crippen molar-refractivity contribution >= 4 is 11.6 Å². The number of benzene rings is 2. The minimum Gasteiger partial charge on any atom is -0.463 e. The molecule has 0 aliphatic carbocycles. The molecule has 0 spiro atoms. The lowest BCUT2D eigenvalue weighted by atomic mass is 9.83. The van der Waals surface area contributed by atoms with Gasteiger partial charge in [-0.2, -0.15) is 15.0 Å². The van der Waals surface area contributed by atoms with Crippen molar-refractivity contribution in [3.05, 3.63) is 100 Å². The van der Waals surface area contributed by atoms with Gasteiger partial charge in [0.1, 0.15) is 23.2 Å². The molecule has 8 heteroatoms. The molecule has 0 amide bonds. The summed E-state index contributed by atoms with van der Waals surface area (Å²) in [6.45, 7) is 0. The van der Waals surface area contributed by atoms with Crippen molar-refractivity contribution in [3.63, 3.8) is 0 Å². The molecule has 2 N–H and O–H groups in total. The van der Waals surface area contributed by atoms with Gasteiger partial charge in [-0.1, -0.05) is 35.9 Å². The lowest BCUT2D eigenvalue weighted by Crippen LogP contribution is -2.22. The first-order valence-corrected chi connectivity index (χ1v) is 9.71. The highest BCUT2D eigenvalue weighted by molar-refractivity contribution is 6.31. The van der Waals surface area contributed by atoms with Gasteiger partial charge in [-0.3, -0.25) is 0 Å². The molecule has 0 radical (unpaired) electrons. The van der Waals surface area contributed by atoms with Gasteiger partial charge in [0, 0.05) is 10.6 Å². The van der Waals surface area contributed by atoms with E-state index < -0.39 is 11.7 Å². The van der Waals surface area contributed by atoms with Gasteiger partial charge in [-0.15, -0.1) is 0 Å². The van der Waals surface area contributed by atoms with Crippen LogP contribution in [0.4, 0.5) is 4.39 Å². The molecule has 0 fully saturated rings. The van der Waals surface area contributed by atoms with Crippen LogP contribution in [-0.4, -0.2) is 9.78 Å². The Morgan fingerprint density at radius 1 is 1.06 bits per heavy atom. The Morgan fingerprint density at radius 3 is 2.55 bits per heavy atom. The number of rotatable bonds is 3. The molecular weight excluding hydrogens is 419 g/mol. The second kappa shape index (κ2) is 7.35. The van der Waals surface area contributed by atoms with E-state index in [4.69, 9.17) is 26.5 Å². The fourth-order valence-corrected chi connectivity index (χ4v) is 4.03. The predicted octanol–water partition coefficient (Wildman–Crippen LogP) is 5.14. The molecular formula is C23H14ClFN4O2. The van der Waals surface area contributed by atoms with Crippen LogP contribution in [0.5, 0.6) is 5.88 Å². The number of fused-ring (bicyclic) bond motifs is 1. The van der Waals surface area contributed by atoms with Gasteiger partial charge in [0.15, 0.2) is 5.76 Å². The minimum atomic E-state index is -0.931. The van der Waals surface area contributed by atoms with Crippen LogP contribution < -0.4 is 10.5 Å². The summed E-state index contributed by atoms with van der Waals surface area (Å²) in [6, 6.07) is 19.1. The molecule has 1 unspecified atom stereocenters. The second-order valence-corrected chi connectivity index (χ2v) is 7.26. The topological polar surface area (TPSA) is 90.0 Å². The third-order valence-electron chi connectivity index (χ3n) is 5.09. The molecule has 2 aromatic carbocycles. The van der Waals surface area contributed by atoms with Crippen LogP contribution in [0.3, 0.4) is 0 Å². The van der Waals surface area contributed by atoms with Crippen LogP contribution in [0, 0.1) is 17.1 Å². The standard InChI is InChI=1S/C23H14ClFN4O2/c24-15-8-4-9-16(25)19(15)18-14(12-26)22(27)31-23-20(18)21(17-10-5-11-30-17)28-29(23)13-6-2-1-3-7-13/h1-11,18H,27H2. The Kier molecular flexibility index (Phi) is 4.50. The Balaban J connectivity index is 1.87. The number of nitrogens with two attached hydrogens (primary N) is 1. The average Bonchev–Trinajstić information content (AvgIpc) is 3.42. The molecule has 0 saturated carbocycles. The predicted molar refractivity (Wildman–Crippen MR) is 112 cm³/mol. The summed E-state index contributed by atoms with van der Waals surface area (Å²) in [5.74, 6) is -0.936. The van der Waals surface area contributed by atoms with Crippen molar-refractivity contribution in [3.8, 4) is 29.1 Å². The fraction of sp³-hybridized carbons (Fsp3) is 0.0435. The number of nitrogens with zero attached hydrogens (tertiary/aromatic N) is 3. The number of ether oxygens (including phenoxy) is 1. The van der Waals surface area contributed by atoms with E-state index in [-0.39, 0.29) is 27.9 Å². The summed E-state index contributed by atoms with van der Waals surface area (Å²) < 4.78 is 28.0. The first kappa shape index (κ1) is 19.0. The molecule has 0 bridgehead atoms. The van der Waals surface area contributed by atoms with Crippen molar-refractivity contribution in [2.24, 2.45) is 5.73 Å². The third-order valence-corrected chi connectivity index (χ3v) is 5.42. The first-order chi connectivity index (χ1) is 15.1. The van der Waals surface area contributed by atoms with E-state index in [1.165, 1.54) is 18.4 Å². The molecule has 5 rings (SSSR count). The summed E-state index contributed by atoms with van der Waals surface area (Å²) in [4.78, 5) is 0. The molecule has 3 heterocycles. The highest BCUT2D eigenvalue weighted by Crippen LogP contribution is 2.49. The van der Waals surface area contributed by atoms with E-state index in [2.05, 4.69) is 11.2 Å². The highest BCUT2D eigenvalue weighted by Gasteiger charge is 2.40. The average molecular weight is 433 g/mol. The van der Waals surface area contributed by atoms with E-state index in [9.17, 15) is 5.26 Å². The maximum Gasteiger partial charge on any atom is 0.229 e. The molecule has 152 valence electrons. The monoisotopic (exact) mass is 432 g/mol. The largest absolute Gasteiger partial charge is 0.463 e. The lowest BCUT2D eigenvalue weighted by molar-refractivity contribution is 0.366. The van der Waals surface area contributed by atoms with Gasteiger partial charge in [-0.25, -0.2) is 4.39 Å². The van der Waals surface area contributed by atoms with Crippen LogP contribution in [0.15, 0.2) is 82.8 Å². The van der Waals surface area contributed by atoms with Crippen molar-refractivity contribution < 1.29 is 13.5 Å². The summed E-state index contributed by atoms with van der Waals surface area (Å²) in [5, 5.41) is 14.7. The van der Waals surface area contributed by atoms with Gasteiger partial charge in [0.2, 0.25) is 11.8 Å². The van der Waals surface area contributed by atoms with E-state index in [0.717, 1.165) is 0 Å². The van der Waals surface area contributed by atoms with Gasteiger partial charge in [-0.05, 0) is 36.4 Å². The number of aromatic nitrogens is 2. The molecule has 6 nitrogen and oxygen atoms in total. The fourth-order valence-electron chi connectivity index (χ4n) is 3.75. The van der Waals surface area contributed by atoms with Crippen LogP contribution >= 0.6 is 11.6 Å². The van der Waals surface area contributed by atoms with Crippen molar-refractivity contribution in [1.29, 1.82) is 5.26 Å². The highest BCUT2D eigenvalue weighted by atomic mass is 35.5. The van der Waals surface area contributed by atoms with Crippen molar-refractivity contribution in [1.82, 2.24) is 9.78 Å². The smallest absolute Gasteiger partial charge is 0.229 e. The maximum atomic E-state index is 15.0. The number of hydrogen-bond donors (Lipinski definition) is 1. The Labute approximate surface area is 181 Å². The molecule has 31 heavy (non-hydrogen) atoms. The van der Waals surface area contributed by atoms with Crippen LogP contribution in [0.2, 0.25) is 5.02 Å². The quantitative estimate of drug-likeness (QED) is 0.484. The number of nitriles is 1. The van der Waals surface area contributed by atoms with Crippen LogP contribution in [0.1, 0.15) is 17.0 Å². The van der Waals surface area contributed by atoms with E-state index in [1.54, 1.807) is 22.9 Å². The minimum absolute atomic E-state index is 0.0416. The summed E-state index contributed by atoms with van der Waals surface area (Å²) in [7, 11) is 0. The zero-order valence-electron chi connectivity index (χ0n) is 15.9. The Morgan fingerprint density at radius 2 is 1.87 bits per heavy atom. The normalized spacial score (nSPS) is 15.3.